The van der Waals surface area contributed by atoms with Crippen LogP contribution in [0.25, 0.3) is 0 Å². The summed E-state index contributed by atoms with van der Waals surface area (Å²) in [5, 5.41) is 0. The molecule has 3 heteroatoms. The lowest BCUT2D eigenvalue weighted by molar-refractivity contribution is -0.00508. The van der Waals surface area contributed by atoms with E-state index in [0.29, 0.717) is 0 Å². The van der Waals surface area contributed by atoms with E-state index in [0.717, 1.165) is 0 Å². The van der Waals surface area contributed by atoms with Gasteiger partial charge in [0.1, 0.15) is 0 Å². The molecular weight excluding hydrogens is 88.9 g/mol. The highest BCUT2D eigenvalue weighted by molar-refractivity contribution is 6.04. The fourth-order valence-electron chi connectivity index (χ4n) is 0.271. The lowest BCUT2D eigenvalue weighted by atomic mass is 10.4. The predicted molar refractivity (Wildman–Crippen MR) is 32.2 cm³/mol. The van der Waals surface area contributed by atoms with E-state index >= 15 is 0 Å². The molecule has 0 atom stereocenters. The molecule has 0 unspecified atom stereocenters. The minimum absolute atomic E-state index is 1.62. The molecular formula is C4H10BNO. The highest BCUT2D eigenvalue weighted by Gasteiger charge is 1.77. The minimum atomic E-state index is 1.62. The molecule has 0 amide bonds. The summed E-state index contributed by atoms with van der Waals surface area (Å²) in [6.07, 6.45) is 3.74. The van der Waals surface area contributed by atoms with Crippen molar-refractivity contribution < 1.29 is 4.84 Å². The number of nitrogens with zero attached hydrogens (tertiary/aromatic N) is 1. The van der Waals surface area contributed by atoms with Crippen molar-refractivity contribution in [2.24, 2.45) is 0 Å². The standard InChI is InChI=1S/C4H10BNO/c1-3-4-6(5)7-2/h3-4H,5H2,1-2H3. The third-order valence-corrected chi connectivity index (χ3v) is 0.647. The van der Waals surface area contributed by atoms with Crippen molar-refractivity contribution in [3.05, 3.63) is 12.3 Å². The van der Waals surface area contributed by atoms with E-state index in [-0.39, 0.29) is 0 Å². The second-order valence-corrected chi connectivity index (χ2v) is 1.21. The first-order valence-electron chi connectivity index (χ1n) is 2.21. The topological polar surface area (TPSA) is 12.5 Å². The summed E-state index contributed by atoms with van der Waals surface area (Å²) < 4.78 is 0. The van der Waals surface area contributed by atoms with Gasteiger partial charge in [-0.1, -0.05) is 6.08 Å². The van der Waals surface area contributed by atoms with Crippen LogP contribution in [0, 0.1) is 0 Å². The molecule has 0 aromatic rings. The van der Waals surface area contributed by atoms with Crippen molar-refractivity contribution in [2.75, 3.05) is 7.11 Å². The number of hydrogen-bond donors (Lipinski definition) is 0. The maximum absolute atomic E-state index is 4.74. The van der Waals surface area contributed by atoms with Crippen LogP contribution in [0.1, 0.15) is 6.92 Å². The van der Waals surface area contributed by atoms with Crippen LogP contribution in [-0.4, -0.2) is 20.1 Å². The van der Waals surface area contributed by atoms with E-state index in [1.54, 1.807) is 12.1 Å². The van der Waals surface area contributed by atoms with Gasteiger partial charge in [0.25, 0.3) is 7.98 Å². The maximum atomic E-state index is 4.74. The molecule has 0 aromatic heterocycles. The van der Waals surface area contributed by atoms with Crippen LogP contribution >= 0.6 is 0 Å². The summed E-state index contributed by atoms with van der Waals surface area (Å²) in [6, 6.07) is 0. The Morgan fingerprint density at radius 2 is 2.29 bits per heavy atom. The second-order valence-electron chi connectivity index (χ2n) is 1.21. The predicted octanol–water partition coefficient (Wildman–Crippen LogP) is -0.0685. The summed E-state index contributed by atoms with van der Waals surface area (Å²) in [5.41, 5.74) is 0. The van der Waals surface area contributed by atoms with Gasteiger partial charge in [-0.05, 0) is 6.92 Å². The van der Waals surface area contributed by atoms with Crippen molar-refractivity contribution in [3.63, 3.8) is 0 Å². The first-order chi connectivity index (χ1) is 3.31. The summed E-state index contributed by atoms with van der Waals surface area (Å²) in [7, 11) is 3.46. The van der Waals surface area contributed by atoms with Crippen molar-refractivity contribution >= 4 is 7.98 Å². The Morgan fingerprint density at radius 3 is 2.43 bits per heavy atom. The normalized spacial score (nSPS) is 10.0. The van der Waals surface area contributed by atoms with E-state index in [2.05, 4.69) is 0 Å². The summed E-state index contributed by atoms with van der Waals surface area (Å²) in [6.45, 7) is 1.94. The molecule has 0 rings (SSSR count). The molecule has 0 radical (unpaired) electrons. The highest BCUT2D eigenvalue weighted by Crippen LogP contribution is 1.78. The Morgan fingerprint density at radius 1 is 1.71 bits per heavy atom. The Bertz CT molecular complexity index is 64.7. The molecule has 40 valence electrons. The molecule has 2 nitrogen and oxygen atoms in total. The van der Waals surface area contributed by atoms with Gasteiger partial charge >= 0.3 is 0 Å². The quantitative estimate of drug-likeness (QED) is 0.355. The Hall–Kier alpha value is -0.435. The Balaban J connectivity index is 3.16. The van der Waals surface area contributed by atoms with Crippen LogP contribution in [0.4, 0.5) is 0 Å². The van der Waals surface area contributed by atoms with Gasteiger partial charge < -0.3 is 4.97 Å². The van der Waals surface area contributed by atoms with Crippen LogP contribution in [0.15, 0.2) is 12.3 Å². The molecule has 7 heavy (non-hydrogen) atoms. The maximum Gasteiger partial charge on any atom is 0.254 e. The number of rotatable bonds is 2. The zero-order valence-corrected chi connectivity index (χ0v) is 5.01. The van der Waals surface area contributed by atoms with Crippen molar-refractivity contribution in [1.29, 1.82) is 0 Å². The number of allylic oxidation sites excluding steroid dienone is 1. The molecule has 0 saturated heterocycles. The summed E-state index contributed by atoms with van der Waals surface area (Å²) >= 11 is 0. The zero-order chi connectivity index (χ0) is 5.70. The third-order valence-electron chi connectivity index (χ3n) is 0.647. The summed E-state index contributed by atoms with van der Waals surface area (Å²) in [4.78, 5) is 6.36. The largest absolute Gasteiger partial charge is 0.317 e. The highest BCUT2D eigenvalue weighted by atomic mass is 16.7. The van der Waals surface area contributed by atoms with Gasteiger partial charge in [-0.3, -0.25) is 4.84 Å². The number of hydrogen-bond acceptors (Lipinski definition) is 2. The molecule has 0 heterocycles. The summed E-state index contributed by atoms with van der Waals surface area (Å²) in [5.74, 6) is 0. The van der Waals surface area contributed by atoms with Crippen LogP contribution in [0.5, 0.6) is 0 Å². The average Bonchev–Trinajstić information content (AvgIpc) is 1.68. The van der Waals surface area contributed by atoms with E-state index in [1.165, 1.54) is 0 Å². The smallest absolute Gasteiger partial charge is 0.254 e. The number of hydroxylamine groups is 1. The van der Waals surface area contributed by atoms with Crippen LogP contribution in [0.2, 0.25) is 0 Å². The van der Waals surface area contributed by atoms with Crippen LogP contribution in [0.3, 0.4) is 0 Å². The first-order valence-corrected chi connectivity index (χ1v) is 2.21. The van der Waals surface area contributed by atoms with Gasteiger partial charge in [0.05, 0.1) is 7.11 Å². The van der Waals surface area contributed by atoms with E-state index in [1.807, 2.05) is 27.2 Å². The lowest BCUT2D eigenvalue weighted by Gasteiger charge is -2.07. The zero-order valence-electron chi connectivity index (χ0n) is 5.01. The van der Waals surface area contributed by atoms with E-state index in [4.69, 9.17) is 4.84 Å². The molecule has 0 aliphatic heterocycles. The molecule has 0 spiro atoms. The molecule has 0 aliphatic carbocycles. The van der Waals surface area contributed by atoms with Crippen LogP contribution < -0.4 is 0 Å². The van der Waals surface area contributed by atoms with Gasteiger partial charge in [0, 0.05) is 6.20 Å². The Labute approximate surface area is 45.1 Å². The van der Waals surface area contributed by atoms with Crippen molar-refractivity contribution in [1.82, 2.24) is 4.97 Å². The van der Waals surface area contributed by atoms with Crippen molar-refractivity contribution in [3.8, 4) is 0 Å². The van der Waals surface area contributed by atoms with Gasteiger partial charge in [-0.2, -0.15) is 0 Å². The van der Waals surface area contributed by atoms with E-state index < -0.39 is 0 Å². The Kier molecular flexibility index (Phi) is 3.51. The first kappa shape index (κ1) is 6.56. The third kappa shape index (κ3) is 3.39. The minimum Gasteiger partial charge on any atom is -0.317 e. The SMILES string of the molecule is BN(C=CC)OC. The van der Waals surface area contributed by atoms with Gasteiger partial charge in [0.2, 0.25) is 0 Å². The average molecular weight is 98.9 g/mol. The van der Waals surface area contributed by atoms with Gasteiger partial charge in [-0.15, -0.1) is 0 Å². The van der Waals surface area contributed by atoms with Crippen LogP contribution in [-0.2, 0) is 4.84 Å². The van der Waals surface area contributed by atoms with E-state index in [9.17, 15) is 0 Å². The fraction of sp³-hybridized carbons (Fsp3) is 0.500. The molecule has 0 bridgehead atoms. The molecule has 0 saturated carbocycles. The molecule has 0 fully saturated rings. The van der Waals surface area contributed by atoms with Gasteiger partial charge in [-0.25, -0.2) is 0 Å². The molecule has 0 aliphatic rings. The molecule has 0 N–H and O–H groups in total. The molecule has 0 aromatic carbocycles. The monoisotopic (exact) mass is 99.1 g/mol. The van der Waals surface area contributed by atoms with Crippen molar-refractivity contribution in [2.45, 2.75) is 6.92 Å². The second kappa shape index (κ2) is 3.74. The lowest BCUT2D eigenvalue weighted by Crippen LogP contribution is -2.09. The fourth-order valence-corrected chi connectivity index (χ4v) is 0.271. The van der Waals surface area contributed by atoms with Gasteiger partial charge in [0.15, 0.2) is 0 Å².